The average molecular weight is 453 g/mol. The maximum Gasteiger partial charge on any atom is 0.191 e. The highest BCUT2D eigenvalue weighted by Gasteiger charge is 2.34. The summed E-state index contributed by atoms with van der Waals surface area (Å²) < 4.78 is 5.51. The van der Waals surface area contributed by atoms with Crippen LogP contribution in [0, 0.1) is 6.92 Å². The van der Waals surface area contributed by atoms with Crippen LogP contribution in [0.1, 0.15) is 22.7 Å². The van der Waals surface area contributed by atoms with Gasteiger partial charge in [0, 0.05) is 43.4 Å². The summed E-state index contributed by atoms with van der Waals surface area (Å²) in [6.07, 6.45) is 3.98. The Morgan fingerprint density at radius 1 is 1.39 bits per heavy atom. The Morgan fingerprint density at radius 3 is 2.61 bits per heavy atom. The summed E-state index contributed by atoms with van der Waals surface area (Å²) in [5, 5.41) is 7.87. The molecule has 0 bridgehead atoms. The van der Waals surface area contributed by atoms with Crippen molar-refractivity contribution in [2.24, 2.45) is 4.99 Å². The number of aromatic nitrogens is 1. The highest BCUT2D eigenvalue weighted by molar-refractivity contribution is 14.0. The van der Waals surface area contributed by atoms with Crippen molar-refractivity contribution in [1.29, 1.82) is 0 Å². The first-order valence-corrected chi connectivity index (χ1v) is 8.48. The van der Waals surface area contributed by atoms with Gasteiger partial charge in [-0.25, -0.2) is 4.98 Å². The standard InChI is InChI=1S/C15H27N5OS.HI/c1-12-9-17-13(22-12)10-18-14(16-2)19-11-15(20(3)4)5-7-21-8-6-15;/h9H,5-8,10-11H2,1-4H3,(H2,16,18,19);1H. The number of nitrogens with zero attached hydrogens (tertiary/aromatic N) is 3. The number of halogens is 1. The highest BCUT2D eigenvalue weighted by atomic mass is 127. The van der Waals surface area contributed by atoms with Crippen molar-refractivity contribution >= 4 is 41.3 Å². The summed E-state index contributed by atoms with van der Waals surface area (Å²) in [6, 6.07) is 0. The molecule has 2 heterocycles. The Kier molecular flexibility index (Phi) is 8.73. The summed E-state index contributed by atoms with van der Waals surface area (Å²) in [5.74, 6) is 0.820. The van der Waals surface area contributed by atoms with Gasteiger partial charge in [0.1, 0.15) is 5.01 Å². The van der Waals surface area contributed by atoms with E-state index >= 15 is 0 Å². The van der Waals surface area contributed by atoms with E-state index in [-0.39, 0.29) is 29.5 Å². The van der Waals surface area contributed by atoms with Crippen LogP contribution in [-0.2, 0) is 11.3 Å². The van der Waals surface area contributed by atoms with Crippen LogP contribution in [-0.4, -0.2) is 62.3 Å². The van der Waals surface area contributed by atoms with E-state index in [1.54, 1.807) is 18.4 Å². The lowest BCUT2D eigenvalue weighted by Gasteiger charge is -2.43. The molecule has 1 aromatic heterocycles. The van der Waals surface area contributed by atoms with Crippen LogP contribution in [0.15, 0.2) is 11.2 Å². The maximum absolute atomic E-state index is 5.51. The molecule has 132 valence electrons. The van der Waals surface area contributed by atoms with E-state index in [1.165, 1.54) is 4.88 Å². The number of rotatable bonds is 5. The van der Waals surface area contributed by atoms with E-state index in [9.17, 15) is 0 Å². The minimum atomic E-state index is 0. The number of thiazole rings is 1. The van der Waals surface area contributed by atoms with Crippen LogP contribution in [0.25, 0.3) is 0 Å². The highest BCUT2D eigenvalue weighted by Crippen LogP contribution is 2.25. The number of likely N-dealkylation sites (N-methyl/N-ethyl adjacent to an activating group) is 1. The van der Waals surface area contributed by atoms with Gasteiger partial charge in [0.15, 0.2) is 5.96 Å². The van der Waals surface area contributed by atoms with Crippen LogP contribution < -0.4 is 10.6 Å². The van der Waals surface area contributed by atoms with Gasteiger partial charge in [-0.15, -0.1) is 35.3 Å². The number of guanidine groups is 1. The Labute approximate surface area is 160 Å². The Morgan fingerprint density at radius 2 is 2.09 bits per heavy atom. The fourth-order valence-electron chi connectivity index (χ4n) is 2.64. The number of aryl methyl sites for hydroxylation is 1. The first kappa shape index (κ1) is 20.6. The molecule has 0 atom stereocenters. The van der Waals surface area contributed by atoms with Crippen molar-refractivity contribution in [3.63, 3.8) is 0 Å². The van der Waals surface area contributed by atoms with Gasteiger partial charge in [0.05, 0.1) is 6.54 Å². The van der Waals surface area contributed by atoms with E-state index in [0.717, 1.165) is 43.6 Å². The van der Waals surface area contributed by atoms with Crippen molar-refractivity contribution in [2.45, 2.75) is 31.8 Å². The van der Waals surface area contributed by atoms with Crippen LogP contribution in [0.4, 0.5) is 0 Å². The molecule has 2 rings (SSSR count). The first-order valence-electron chi connectivity index (χ1n) is 7.67. The lowest BCUT2D eigenvalue weighted by Crippen LogP contribution is -2.57. The topological polar surface area (TPSA) is 61.8 Å². The van der Waals surface area contributed by atoms with Crippen LogP contribution >= 0.6 is 35.3 Å². The lowest BCUT2D eigenvalue weighted by molar-refractivity contribution is -0.00501. The fourth-order valence-corrected chi connectivity index (χ4v) is 3.37. The number of hydrogen-bond donors (Lipinski definition) is 2. The van der Waals surface area contributed by atoms with Gasteiger partial charge in [0.25, 0.3) is 0 Å². The van der Waals surface area contributed by atoms with Crippen molar-refractivity contribution < 1.29 is 4.74 Å². The van der Waals surface area contributed by atoms with E-state index in [4.69, 9.17) is 4.74 Å². The predicted octanol–water partition coefficient (Wildman–Crippen LogP) is 1.85. The van der Waals surface area contributed by atoms with E-state index in [1.807, 2.05) is 6.20 Å². The molecule has 1 aliphatic heterocycles. The minimum Gasteiger partial charge on any atom is -0.381 e. The van der Waals surface area contributed by atoms with Crippen molar-refractivity contribution in [3.05, 3.63) is 16.1 Å². The SMILES string of the molecule is CN=C(NCc1ncc(C)s1)NCC1(N(C)C)CCOCC1.I. The van der Waals surface area contributed by atoms with E-state index in [0.29, 0.717) is 6.54 Å². The largest absolute Gasteiger partial charge is 0.381 e. The monoisotopic (exact) mass is 453 g/mol. The zero-order valence-corrected chi connectivity index (χ0v) is 17.5. The molecular formula is C15H28IN5OS. The van der Waals surface area contributed by atoms with Crippen molar-refractivity contribution in [3.8, 4) is 0 Å². The Bertz CT molecular complexity index is 500. The molecule has 0 aromatic carbocycles. The molecule has 0 spiro atoms. The van der Waals surface area contributed by atoms with Gasteiger partial charge in [-0.1, -0.05) is 0 Å². The molecule has 1 fully saturated rings. The van der Waals surface area contributed by atoms with Gasteiger partial charge in [-0.05, 0) is 33.9 Å². The van der Waals surface area contributed by atoms with Crippen LogP contribution in [0.3, 0.4) is 0 Å². The zero-order chi connectivity index (χ0) is 16.0. The van der Waals surface area contributed by atoms with Gasteiger partial charge in [-0.3, -0.25) is 4.99 Å². The summed E-state index contributed by atoms with van der Waals surface area (Å²) in [4.78, 5) is 12.2. The molecule has 8 heteroatoms. The molecule has 1 aliphatic rings. The van der Waals surface area contributed by atoms with Crippen LogP contribution in [0.2, 0.25) is 0 Å². The van der Waals surface area contributed by atoms with Gasteiger partial charge in [0.2, 0.25) is 0 Å². The zero-order valence-electron chi connectivity index (χ0n) is 14.4. The predicted molar refractivity (Wildman–Crippen MR) is 107 cm³/mol. The van der Waals surface area contributed by atoms with Crippen molar-refractivity contribution in [2.75, 3.05) is 40.9 Å². The normalized spacial score (nSPS) is 17.7. The molecule has 1 saturated heterocycles. The van der Waals surface area contributed by atoms with E-state index < -0.39 is 0 Å². The smallest absolute Gasteiger partial charge is 0.191 e. The second-order valence-electron chi connectivity index (χ2n) is 5.88. The summed E-state index contributed by atoms with van der Waals surface area (Å²) in [6.45, 7) is 5.28. The molecule has 0 unspecified atom stereocenters. The first-order chi connectivity index (χ1) is 10.6. The second-order valence-corrected chi connectivity index (χ2v) is 7.19. The lowest BCUT2D eigenvalue weighted by atomic mass is 9.88. The maximum atomic E-state index is 5.51. The summed E-state index contributed by atoms with van der Waals surface area (Å²) in [7, 11) is 6.08. The Hall–Kier alpha value is -0.450. The third-order valence-corrected chi connectivity index (χ3v) is 5.17. The second kappa shape index (κ2) is 9.75. The van der Waals surface area contributed by atoms with Gasteiger partial charge >= 0.3 is 0 Å². The van der Waals surface area contributed by atoms with E-state index in [2.05, 4.69) is 46.5 Å². The van der Waals surface area contributed by atoms with Gasteiger partial charge in [-0.2, -0.15) is 0 Å². The fraction of sp³-hybridized carbons (Fsp3) is 0.733. The molecule has 23 heavy (non-hydrogen) atoms. The molecule has 0 aliphatic carbocycles. The number of nitrogens with one attached hydrogen (secondary N) is 2. The molecule has 6 nitrogen and oxygen atoms in total. The third-order valence-electron chi connectivity index (χ3n) is 4.26. The quantitative estimate of drug-likeness (QED) is 0.405. The van der Waals surface area contributed by atoms with Crippen molar-refractivity contribution in [1.82, 2.24) is 20.5 Å². The molecule has 0 radical (unpaired) electrons. The van der Waals surface area contributed by atoms with Gasteiger partial charge < -0.3 is 20.3 Å². The Balaban J connectivity index is 0.00000264. The molecule has 0 amide bonds. The molecule has 0 saturated carbocycles. The minimum absolute atomic E-state index is 0. The average Bonchev–Trinajstić information content (AvgIpc) is 2.94. The number of hydrogen-bond acceptors (Lipinski definition) is 5. The third kappa shape index (κ3) is 5.84. The van der Waals surface area contributed by atoms with Crippen LogP contribution in [0.5, 0.6) is 0 Å². The molecule has 1 aromatic rings. The molecular weight excluding hydrogens is 425 g/mol. The summed E-state index contributed by atoms with van der Waals surface area (Å²) >= 11 is 1.71. The summed E-state index contributed by atoms with van der Waals surface area (Å²) in [5.41, 5.74) is 0.133. The number of ether oxygens (including phenoxy) is 1. The number of aliphatic imine (C=N–C) groups is 1. The molecule has 2 N–H and O–H groups in total.